The Morgan fingerprint density at radius 3 is 2.63 bits per heavy atom. The number of halogens is 1. The number of nitrogens with two attached hydrogens (primary N) is 1. The number of thioether (sulfide) groups is 1. The van der Waals surface area contributed by atoms with Crippen molar-refractivity contribution in [3.05, 3.63) is 76.0 Å². The third kappa shape index (κ3) is 4.69. The van der Waals surface area contributed by atoms with E-state index in [1.807, 2.05) is 30.3 Å². The minimum atomic E-state index is -0.521. The van der Waals surface area contributed by atoms with Crippen LogP contribution in [-0.4, -0.2) is 20.7 Å². The summed E-state index contributed by atoms with van der Waals surface area (Å²) >= 11 is 7.09. The van der Waals surface area contributed by atoms with Crippen molar-refractivity contribution in [3.8, 4) is 5.69 Å². The monoisotopic (exact) mass is 400 g/mol. The molecule has 1 atom stereocenters. The maximum Gasteiger partial charge on any atom is 0.275 e. The van der Waals surface area contributed by atoms with Crippen LogP contribution in [0.3, 0.4) is 0 Å². The van der Waals surface area contributed by atoms with Crippen molar-refractivity contribution in [1.82, 2.24) is 9.55 Å². The molecular weight excluding hydrogens is 384 g/mol. The number of rotatable bonds is 5. The molecule has 2 aromatic carbocycles. The first-order valence-corrected chi connectivity index (χ1v) is 9.38. The number of carbonyl (C=O) groups excluding carboxylic acids is 1. The quantitative estimate of drug-likeness (QED) is 0.504. The predicted molar refractivity (Wildman–Crippen MR) is 110 cm³/mol. The predicted octanol–water partition coefficient (Wildman–Crippen LogP) is 3.59. The molecule has 138 valence electrons. The molecule has 0 aliphatic heterocycles. The van der Waals surface area contributed by atoms with Crippen LogP contribution in [0.2, 0.25) is 5.02 Å². The third-order valence-electron chi connectivity index (χ3n) is 3.68. The minimum absolute atomic E-state index is 0.237. The minimum Gasteiger partial charge on any atom is -0.385 e. The maximum atomic E-state index is 12.5. The first kappa shape index (κ1) is 19.0. The first-order valence-electron chi connectivity index (χ1n) is 8.12. The summed E-state index contributed by atoms with van der Waals surface area (Å²) in [5.41, 5.74) is 6.94. The van der Waals surface area contributed by atoms with E-state index in [2.05, 4.69) is 10.3 Å². The molecule has 3 N–H and O–H groups in total. The molecule has 1 amide bonds. The van der Waals surface area contributed by atoms with Gasteiger partial charge in [0.15, 0.2) is 5.16 Å². The number of hydrogen-bond acceptors (Lipinski definition) is 5. The summed E-state index contributed by atoms with van der Waals surface area (Å²) in [6.45, 7) is 1.73. The highest BCUT2D eigenvalue weighted by Crippen LogP contribution is 2.26. The van der Waals surface area contributed by atoms with Crippen LogP contribution in [0.4, 0.5) is 11.5 Å². The average molecular weight is 401 g/mol. The zero-order chi connectivity index (χ0) is 19.4. The number of hydrogen-bond donors (Lipinski definition) is 2. The van der Waals surface area contributed by atoms with Gasteiger partial charge in [0.25, 0.3) is 5.56 Å². The maximum absolute atomic E-state index is 12.5. The van der Waals surface area contributed by atoms with Crippen LogP contribution >= 0.6 is 23.4 Å². The summed E-state index contributed by atoms with van der Waals surface area (Å²) in [7, 11) is 0. The topological polar surface area (TPSA) is 90.0 Å². The van der Waals surface area contributed by atoms with Gasteiger partial charge in [-0.15, -0.1) is 0 Å². The lowest BCUT2D eigenvalue weighted by Crippen LogP contribution is -2.24. The summed E-state index contributed by atoms with van der Waals surface area (Å²) in [6.07, 6.45) is 0. The molecule has 1 aromatic heterocycles. The van der Waals surface area contributed by atoms with Crippen molar-refractivity contribution in [2.24, 2.45) is 0 Å². The van der Waals surface area contributed by atoms with Crippen LogP contribution in [0.25, 0.3) is 5.69 Å². The molecule has 3 aromatic rings. The first-order chi connectivity index (χ1) is 12.9. The molecule has 3 rings (SSSR count). The Kier molecular flexibility index (Phi) is 5.83. The van der Waals surface area contributed by atoms with Crippen molar-refractivity contribution in [3.63, 3.8) is 0 Å². The summed E-state index contributed by atoms with van der Waals surface area (Å²) in [6, 6.07) is 17.4. The van der Waals surface area contributed by atoms with Gasteiger partial charge in [0.2, 0.25) is 5.91 Å². The fourth-order valence-electron chi connectivity index (χ4n) is 2.42. The Morgan fingerprint density at radius 2 is 1.93 bits per heavy atom. The van der Waals surface area contributed by atoms with E-state index in [9.17, 15) is 9.59 Å². The summed E-state index contributed by atoms with van der Waals surface area (Å²) in [5, 5.41) is 3.16. The van der Waals surface area contributed by atoms with Gasteiger partial charge in [-0.2, -0.15) is 4.98 Å². The normalized spacial score (nSPS) is 11.8. The number of nitrogens with zero attached hydrogens (tertiary/aromatic N) is 2. The Bertz CT molecular complexity index is 1020. The lowest BCUT2D eigenvalue weighted by Gasteiger charge is -2.17. The number of anilines is 2. The van der Waals surface area contributed by atoms with Crippen LogP contribution < -0.4 is 16.6 Å². The second-order valence-electron chi connectivity index (χ2n) is 5.73. The Morgan fingerprint density at radius 1 is 1.19 bits per heavy atom. The third-order valence-corrected chi connectivity index (χ3v) is 4.97. The molecule has 6 nitrogen and oxygen atoms in total. The van der Waals surface area contributed by atoms with E-state index in [4.69, 9.17) is 17.3 Å². The molecule has 8 heteroatoms. The fourth-order valence-corrected chi connectivity index (χ4v) is 3.55. The molecule has 0 aliphatic rings. The lowest BCUT2D eigenvalue weighted by atomic mass is 10.3. The fraction of sp³-hybridized carbons (Fsp3) is 0.105. The Hall–Kier alpha value is -2.77. The Labute approximate surface area is 165 Å². The largest absolute Gasteiger partial charge is 0.385 e. The molecule has 0 saturated heterocycles. The van der Waals surface area contributed by atoms with Gasteiger partial charge in [0.05, 0.1) is 5.25 Å². The van der Waals surface area contributed by atoms with Crippen LogP contribution in [-0.2, 0) is 4.79 Å². The molecule has 0 unspecified atom stereocenters. The zero-order valence-corrected chi connectivity index (χ0v) is 16.0. The molecule has 0 bridgehead atoms. The second-order valence-corrected chi connectivity index (χ2v) is 7.48. The van der Waals surface area contributed by atoms with Gasteiger partial charge in [0, 0.05) is 22.5 Å². The van der Waals surface area contributed by atoms with Crippen LogP contribution in [0.5, 0.6) is 0 Å². The molecule has 0 fully saturated rings. The highest BCUT2D eigenvalue weighted by atomic mass is 35.5. The SMILES string of the molecule is C[C@@H](Sc1nc(=O)cc(N)n1-c1ccccc1)C(=O)Nc1cccc(Cl)c1. The van der Waals surface area contributed by atoms with E-state index in [-0.39, 0.29) is 11.7 Å². The van der Waals surface area contributed by atoms with E-state index >= 15 is 0 Å². The van der Waals surface area contributed by atoms with Crippen molar-refractivity contribution in [1.29, 1.82) is 0 Å². The van der Waals surface area contributed by atoms with Gasteiger partial charge in [-0.25, -0.2) is 0 Å². The van der Waals surface area contributed by atoms with Gasteiger partial charge >= 0.3 is 0 Å². The number of aromatic nitrogens is 2. The molecule has 0 radical (unpaired) electrons. The van der Waals surface area contributed by atoms with Crippen molar-refractivity contribution in [2.45, 2.75) is 17.3 Å². The van der Waals surface area contributed by atoms with Crippen LogP contribution in [0, 0.1) is 0 Å². The van der Waals surface area contributed by atoms with Gasteiger partial charge in [-0.3, -0.25) is 14.2 Å². The smallest absolute Gasteiger partial charge is 0.275 e. The van der Waals surface area contributed by atoms with Gasteiger partial charge in [-0.05, 0) is 37.3 Å². The van der Waals surface area contributed by atoms with E-state index < -0.39 is 10.8 Å². The number of nitrogens with one attached hydrogen (secondary N) is 1. The number of benzene rings is 2. The Balaban J connectivity index is 1.86. The summed E-state index contributed by atoms with van der Waals surface area (Å²) in [4.78, 5) is 28.4. The van der Waals surface area contributed by atoms with Gasteiger partial charge < -0.3 is 11.1 Å². The van der Waals surface area contributed by atoms with Crippen LogP contribution in [0.15, 0.2) is 70.6 Å². The molecule has 0 saturated carbocycles. The van der Waals surface area contributed by atoms with Crippen molar-refractivity contribution < 1.29 is 4.79 Å². The summed E-state index contributed by atoms with van der Waals surface area (Å²) < 4.78 is 1.65. The highest BCUT2D eigenvalue weighted by molar-refractivity contribution is 8.00. The zero-order valence-electron chi connectivity index (χ0n) is 14.4. The van der Waals surface area contributed by atoms with Crippen molar-refractivity contribution in [2.75, 3.05) is 11.1 Å². The molecule has 27 heavy (non-hydrogen) atoms. The van der Waals surface area contributed by atoms with E-state index in [0.29, 0.717) is 15.9 Å². The number of carbonyl (C=O) groups is 1. The summed E-state index contributed by atoms with van der Waals surface area (Å²) in [5.74, 6) is 0.0182. The lowest BCUT2D eigenvalue weighted by molar-refractivity contribution is -0.115. The van der Waals surface area contributed by atoms with Crippen LogP contribution in [0.1, 0.15) is 6.92 Å². The van der Waals surface area contributed by atoms with Crippen molar-refractivity contribution >= 4 is 40.8 Å². The highest BCUT2D eigenvalue weighted by Gasteiger charge is 2.19. The average Bonchev–Trinajstić information content (AvgIpc) is 2.62. The number of para-hydroxylation sites is 1. The van der Waals surface area contributed by atoms with E-state index in [0.717, 1.165) is 17.4 Å². The van der Waals surface area contributed by atoms with Gasteiger partial charge in [-0.1, -0.05) is 47.6 Å². The number of nitrogen functional groups attached to an aromatic ring is 1. The standard InChI is InChI=1S/C19H17ClN4O2S/c1-12(18(26)22-14-7-5-6-13(20)10-14)27-19-23-17(25)11-16(21)24(19)15-8-3-2-4-9-15/h2-12H,21H2,1H3,(H,22,26)/t12-/m1/s1. The molecule has 1 heterocycles. The molecule has 0 aliphatic carbocycles. The second kappa shape index (κ2) is 8.28. The van der Waals surface area contributed by atoms with Gasteiger partial charge in [0.1, 0.15) is 5.82 Å². The van der Waals surface area contributed by atoms with E-state index in [1.165, 1.54) is 6.07 Å². The molecular formula is C19H17ClN4O2S. The molecule has 0 spiro atoms. The number of amides is 1. The van der Waals surface area contributed by atoms with E-state index in [1.54, 1.807) is 35.8 Å².